The number of morpholine rings is 1. The summed E-state index contributed by atoms with van der Waals surface area (Å²) in [5, 5.41) is 5.88. The monoisotopic (exact) mass is 357 g/mol. The number of carbonyl (C=O) groups is 2. The van der Waals surface area contributed by atoms with Gasteiger partial charge in [0.1, 0.15) is 5.82 Å². The van der Waals surface area contributed by atoms with Crippen LogP contribution in [-0.2, 0) is 14.3 Å². The van der Waals surface area contributed by atoms with E-state index in [-0.39, 0.29) is 42.4 Å². The molecule has 132 valence electrons. The van der Waals surface area contributed by atoms with E-state index in [1.807, 2.05) is 0 Å². The summed E-state index contributed by atoms with van der Waals surface area (Å²) in [5.41, 5.74) is 0.660. The van der Waals surface area contributed by atoms with Gasteiger partial charge in [-0.05, 0) is 24.6 Å². The highest BCUT2D eigenvalue weighted by molar-refractivity contribution is 5.96. The molecule has 2 fully saturated rings. The Kier molecular flexibility index (Phi) is 6.53. The van der Waals surface area contributed by atoms with E-state index in [2.05, 4.69) is 10.6 Å². The van der Waals surface area contributed by atoms with E-state index in [1.54, 1.807) is 6.07 Å². The maximum Gasteiger partial charge on any atom is 0.227 e. The van der Waals surface area contributed by atoms with E-state index in [0.29, 0.717) is 31.9 Å². The first-order valence-corrected chi connectivity index (χ1v) is 7.84. The Morgan fingerprint density at radius 3 is 2.92 bits per heavy atom. The van der Waals surface area contributed by atoms with Gasteiger partial charge in [-0.15, -0.1) is 12.4 Å². The lowest BCUT2D eigenvalue weighted by atomic mass is 10.2. The van der Waals surface area contributed by atoms with Crippen molar-refractivity contribution in [1.29, 1.82) is 0 Å². The lowest BCUT2D eigenvalue weighted by Crippen LogP contribution is -2.43. The van der Waals surface area contributed by atoms with Crippen molar-refractivity contribution in [3.63, 3.8) is 0 Å². The molecule has 0 saturated carbocycles. The third kappa shape index (κ3) is 4.43. The van der Waals surface area contributed by atoms with Gasteiger partial charge in [-0.1, -0.05) is 0 Å². The minimum absolute atomic E-state index is 0. The fourth-order valence-electron chi connectivity index (χ4n) is 2.89. The van der Waals surface area contributed by atoms with Crippen LogP contribution < -0.4 is 15.5 Å². The number of carbonyl (C=O) groups excluding carboxylic acids is 2. The maximum atomic E-state index is 14.2. The number of rotatable bonds is 4. The number of hydrogen-bond acceptors (Lipinski definition) is 4. The Labute approximate surface area is 146 Å². The largest absolute Gasteiger partial charge is 0.378 e. The van der Waals surface area contributed by atoms with E-state index >= 15 is 0 Å². The van der Waals surface area contributed by atoms with Crippen molar-refractivity contribution in [3.05, 3.63) is 24.0 Å². The fraction of sp³-hybridized carbons (Fsp3) is 0.500. The van der Waals surface area contributed by atoms with E-state index in [0.717, 1.165) is 13.0 Å². The summed E-state index contributed by atoms with van der Waals surface area (Å²) in [6.45, 7) is 2.41. The van der Waals surface area contributed by atoms with Crippen molar-refractivity contribution >= 4 is 35.6 Å². The molecule has 2 saturated heterocycles. The van der Waals surface area contributed by atoms with Crippen LogP contribution >= 0.6 is 12.4 Å². The molecule has 6 nitrogen and oxygen atoms in total. The van der Waals surface area contributed by atoms with Gasteiger partial charge in [-0.3, -0.25) is 9.59 Å². The summed E-state index contributed by atoms with van der Waals surface area (Å²) in [4.78, 5) is 25.1. The molecule has 1 unspecified atom stereocenters. The minimum atomic E-state index is -0.503. The van der Waals surface area contributed by atoms with Crippen LogP contribution in [0.5, 0.6) is 0 Å². The second-order valence-corrected chi connectivity index (χ2v) is 5.79. The normalized spacial score (nSPS) is 20.6. The summed E-state index contributed by atoms with van der Waals surface area (Å²) in [5.74, 6) is -0.765. The Morgan fingerprint density at radius 2 is 2.29 bits per heavy atom. The van der Waals surface area contributed by atoms with Crippen LogP contribution in [0, 0.1) is 5.82 Å². The van der Waals surface area contributed by atoms with Crippen molar-refractivity contribution in [1.82, 2.24) is 5.32 Å². The average molecular weight is 358 g/mol. The van der Waals surface area contributed by atoms with E-state index in [9.17, 15) is 14.0 Å². The van der Waals surface area contributed by atoms with Gasteiger partial charge >= 0.3 is 0 Å². The second-order valence-electron chi connectivity index (χ2n) is 5.79. The lowest BCUT2D eigenvalue weighted by molar-refractivity contribution is -0.118. The fourth-order valence-corrected chi connectivity index (χ4v) is 2.89. The highest BCUT2D eigenvalue weighted by Gasteiger charge is 2.24. The average Bonchev–Trinajstić information content (AvgIpc) is 2.94. The second kappa shape index (κ2) is 8.41. The van der Waals surface area contributed by atoms with Crippen LogP contribution in [0.15, 0.2) is 18.2 Å². The number of anilines is 2. The summed E-state index contributed by atoms with van der Waals surface area (Å²) >= 11 is 0. The zero-order valence-electron chi connectivity index (χ0n) is 13.2. The molecule has 2 heterocycles. The quantitative estimate of drug-likeness (QED) is 0.860. The molecule has 24 heavy (non-hydrogen) atoms. The molecule has 2 aliphatic rings. The lowest BCUT2D eigenvalue weighted by Gasteiger charge is -2.23. The molecule has 1 aromatic carbocycles. The summed E-state index contributed by atoms with van der Waals surface area (Å²) in [6, 6.07) is 4.39. The first-order chi connectivity index (χ1) is 11.1. The van der Waals surface area contributed by atoms with Crippen molar-refractivity contribution in [2.24, 2.45) is 0 Å². The van der Waals surface area contributed by atoms with Gasteiger partial charge in [-0.25, -0.2) is 4.39 Å². The van der Waals surface area contributed by atoms with Gasteiger partial charge in [0, 0.05) is 37.7 Å². The number of nitrogens with one attached hydrogen (secondary N) is 2. The van der Waals surface area contributed by atoms with Crippen LogP contribution in [0.2, 0.25) is 0 Å². The van der Waals surface area contributed by atoms with Crippen molar-refractivity contribution in [2.45, 2.75) is 25.3 Å². The molecule has 1 aromatic rings. The van der Waals surface area contributed by atoms with Gasteiger partial charge in [0.15, 0.2) is 0 Å². The van der Waals surface area contributed by atoms with Gasteiger partial charge < -0.3 is 20.3 Å². The molecule has 2 aliphatic heterocycles. The predicted molar refractivity (Wildman–Crippen MR) is 91.1 cm³/mol. The Hall–Kier alpha value is -1.70. The smallest absolute Gasteiger partial charge is 0.227 e. The predicted octanol–water partition coefficient (Wildman–Crippen LogP) is 1.69. The topological polar surface area (TPSA) is 70.7 Å². The van der Waals surface area contributed by atoms with E-state index in [4.69, 9.17) is 4.74 Å². The molecule has 2 amide bonds. The van der Waals surface area contributed by atoms with Gasteiger partial charge in [0.05, 0.1) is 18.9 Å². The van der Waals surface area contributed by atoms with Crippen molar-refractivity contribution in [3.8, 4) is 0 Å². The summed E-state index contributed by atoms with van der Waals surface area (Å²) in [7, 11) is 0. The molecule has 0 radical (unpaired) electrons. The minimum Gasteiger partial charge on any atom is -0.378 e. The zero-order chi connectivity index (χ0) is 16.2. The van der Waals surface area contributed by atoms with Crippen LogP contribution in [0.4, 0.5) is 15.8 Å². The molecular formula is C16H21ClFN3O3. The third-order valence-electron chi connectivity index (χ3n) is 4.03. The van der Waals surface area contributed by atoms with Gasteiger partial charge in [0.25, 0.3) is 0 Å². The maximum absolute atomic E-state index is 14.2. The van der Waals surface area contributed by atoms with Crippen LogP contribution in [0.3, 0.4) is 0 Å². The summed E-state index contributed by atoms with van der Waals surface area (Å²) in [6.07, 6.45) is 1.47. The SMILES string of the molecule is Cl.O=C(CC1COCCN1)Nc1ccc(N2CCCC2=O)c(F)c1. The first-order valence-electron chi connectivity index (χ1n) is 7.84. The first kappa shape index (κ1) is 18.6. The number of hydrogen-bond donors (Lipinski definition) is 2. The van der Waals surface area contributed by atoms with Crippen LogP contribution in [-0.4, -0.2) is 44.2 Å². The molecule has 0 bridgehead atoms. The molecule has 1 atom stereocenters. The number of nitrogens with zero attached hydrogens (tertiary/aromatic N) is 1. The standard InChI is InChI=1S/C16H20FN3O3.ClH/c17-13-8-11(3-4-14(13)20-6-1-2-16(20)22)19-15(21)9-12-10-23-7-5-18-12;/h3-4,8,12,18H,1-2,5-7,9-10H2,(H,19,21);1H. The number of ether oxygens (including phenoxy) is 1. The van der Waals surface area contributed by atoms with Crippen molar-refractivity contribution < 1.29 is 18.7 Å². The number of benzene rings is 1. The highest BCUT2D eigenvalue weighted by Crippen LogP contribution is 2.26. The van der Waals surface area contributed by atoms with E-state index < -0.39 is 5.82 Å². The molecule has 0 spiro atoms. The molecule has 0 aliphatic carbocycles. The molecule has 8 heteroatoms. The molecule has 2 N–H and O–H groups in total. The molecule has 0 aromatic heterocycles. The molecule has 3 rings (SSSR count). The third-order valence-corrected chi connectivity index (χ3v) is 4.03. The zero-order valence-corrected chi connectivity index (χ0v) is 14.0. The van der Waals surface area contributed by atoms with Crippen molar-refractivity contribution in [2.75, 3.05) is 36.5 Å². The number of amides is 2. The van der Waals surface area contributed by atoms with Crippen LogP contribution in [0.25, 0.3) is 0 Å². The van der Waals surface area contributed by atoms with Crippen LogP contribution in [0.1, 0.15) is 19.3 Å². The number of halogens is 2. The molecular weight excluding hydrogens is 337 g/mol. The summed E-state index contributed by atoms with van der Waals surface area (Å²) < 4.78 is 19.5. The Balaban J connectivity index is 0.00000208. The highest BCUT2D eigenvalue weighted by atomic mass is 35.5. The van der Waals surface area contributed by atoms with E-state index in [1.165, 1.54) is 17.0 Å². The Morgan fingerprint density at radius 1 is 1.46 bits per heavy atom. The Bertz CT molecular complexity index is 608. The van der Waals surface area contributed by atoms with Gasteiger partial charge in [-0.2, -0.15) is 0 Å². The van der Waals surface area contributed by atoms with Gasteiger partial charge in [0.2, 0.25) is 11.8 Å².